The minimum Gasteiger partial charge on any atom is -0.348 e. The summed E-state index contributed by atoms with van der Waals surface area (Å²) in [4.78, 5) is 16.8. The summed E-state index contributed by atoms with van der Waals surface area (Å²) >= 11 is 1.40. The van der Waals surface area contributed by atoms with Crippen molar-refractivity contribution in [2.75, 3.05) is 19.3 Å². The fourth-order valence-electron chi connectivity index (χ4n) is 2.17. The van der Waals surface area contributed by atoms with Crippen molar-refractivity contribution < 1.29 is 13.2 Å². The molecule has 0 bridgehead atoms. The van der Waals surface area contributed by atoms with E-state index in [1.165, 1.54) is 21.9 Å². The van der Waals surface area contributed by atoms with E-state index in [1.54, 1.807) is 6.20 Å². The number of piperidine rings is 1. The number of nitrogens with zero attached hydrogens (tertiary/aromatic N) is 2. The lowest BCUT2D eigenvalue weighted by Crippen LogP contribution is -2.46. The molecule has 2 heterocycles. The predicted molar refractivity (Wildman–Crippen MR) is 78.4 cm³/mol. The molecule has 1 aliphatic rings. The van der Waals surface area contributed by atoms with Crippen molar-refractivity contribution in [1.29, 1.82) is 0 Å². The van der Waals surface area contributed by atoms with E-state index in [0.29, 0.717) is 30.8 Å². The molecule has 0 unspecified atom stereocenters. The smallest absolute Gasteiger partial charge is 0.263 e. The minimum atomic E-state index is -3.12. The molecule has 0 atom stereocenters. The third-order valence-corrected chi connectivity index (χ3v) is 5.78. The number of carbonyl (C=O) groups excluding carboxylic acids is 1. The molecule has 2 rings (SSSR count). The number of aromatic nitrogens is 1. The molecular weight excluding hydrogens is 298 g/mol. The molecule has 6 nitrogen and oxygen atoms in total. The molecule has 1 fully saturated rings. The highest BCUT2D eigenvalue weighted by molar-refractivity contribution is 7.88. The summed E-state index contributed by atoms with van der Waals surface area (Å²) in [7, 11) is -3.12. The molecule has 0 aliphatic carbocycles. The number of rotatable bonds is 4. The van der Waals surface area contributed by atoms with Gasteiger partial charge in [-0.25, -0.2) is 17.7 Å². The number of aryl methyl sites for hydroxylation is 1. The Balaban J connectivity index is 1.88. The van der Waals surface area contributed by atoms with Gasteiger partial charge in [0.1, 0.15) is 4.88 Å². The maximum Gasteiger partial charge on any atom is 0.263 e. The molecule has 1 saturated heterocycles. The molecule has 0 saturated carbocycles. The van der Waals surface area contributed by atoms with Crippen LogP contribution in [0.3, 0.4) is 0 Å². The maximum atomic E-state index is 12.0. The number of hydrogen-bond acceptors (Lipinski definition) is 5. The number of sulfonamides is 1. The summed E-state index contributed by atoms with van der Waals surface area (Å²) < 4.78 is 24.3. The van der Waals surface area contributed by atoms with Crippen LogP contribution in [0.15, 0.2) is 6.20 Å². The monoisotopic (exact) mass is 317 g/mol. The van der Waals surface area contributed by atoms with Gasteiger partial charge >= 0.3 is 0 Å². The molecule has 1 amide bonds. The van der Waals surface area contributed by atoms with Gasteiger partial charge in [-0.15, -0.1) is 11.3 Å². The van der Waals surface area contributed by atoms with Gasteiger partial charge in [-0.3, -0.25) is 4.79 Å². The van der Waals surface area contributed by atoms with Crippen molar-refractivity contribution in [3.05, 3.63) is 16.1 Å². The van der Waals surface area contributed by atoms with E-state index in [4.69, 9.17) is 0 Å². The third kappa shape index (κ3) is 3.77. The summed E-state index contributed by atoms with van der Waals surface area (Å²) in [6.45, 7) is 2.93. The molecule has 0 aromatic carbocycles. The highest BCUT2D eigenvalue weighted by atomic mass is 32.2. The zero-order valence-electron chi connectivity index (χ0n) is 11.6. The highest BCUT2D eigenvalue weighted by Crippen LogP contribution is 2.16. The SMILES string of the molecule is CCc1ncc(C(=O)NC2CCN(S(C)(=O)=O)CC2)s1. The lowest BCUT2D eigenvalue weighted by molar-refractivity contribution is 0.0928. The Bertz CT molecular complexity index is 575. The molecule has 1 N–H and O–H groups in total. The standard InChI is InChI=1S/C12H19N3O3S2/c1-3-11-13-8-10(19-11)12(16)14-9-4-6-15(7-5-9)20(2,17)18/h8-9H,3-7H2,1-2H3,(H,14,16). The van der Waals surface area contributed by atoms with Crippen molar-refractivity contribution in [1.82, 2.24) is 14.6 Å². The topological polar surface area (TPSA) is 79.4 Å². The Morgan fingerprint density at radius 2 is 2.15 bits per heavy atom. The van der Waals surface area contributed by atoms with Gasteiger partial charge in [-0.1, -0.05) is 6.92 Å². The Labute approximate surface area is 123 Å². The fourth-order valence-corrected chi connectivity index (χ4v) is 3.80. The van der Waals surface area contributed by atoms with Crippen LogP contribution >= 0.6 is 11.3 Å². The lowest BCUT2D eigenvalue weighted by atomic mass is 10.1. The average molecular weight is 317 g/mol. The first-order valence-electron chi connectivity index (χ1n) is 6.61. The minimum absolute atomic E-state index is 0.0349. The number of amides is 1. The van der Waals surface area contributed by atoms with Crippen LogP contribution in [0.25, 0.3) is 0 Å². The van der Waals surface area contributed by atoms with Gasteiger partial charge in [-0.05, 0) is 19.3 Å². The normalized spacial score (nSPS) is 18.1. The second kappa shape index (κ2) is 6.19. The first kappa shape index (κ1) is 15.4. The van der Waals surface area contributed by atoms with Crippen molar-refractivity contribution in [3.8, 4) is 0 Å². The van der Waals surface area contributed by atoms with Gasteiger partial charge in [0.15, 0.2) is 0 Å². The zero-order valence-corrected chi connectivity index (χ0v) is 13.3. The predicted octanol–water partition coefficient (Wildman–Crippen LogP) is 0.859. The molecule has 1 aromatic rings. The van der Waals surface area contributed by atoms with E-state index >= 15 is 0 Å². The van der Waals surface area contributed by atoms with E-state index < -0.39 is 10.0 Å². The summed E-state index contributed by atoms with van der Waals surface area (Å²) in [5.41, 5.74) is 0. The van der Waals surface area contributed by atoms with Crippen molar-refractivity contribution in [3.63, 3.8) is 0 Å². The lowest BCUT2D eigenvalue weighted by Gasteiger charge is -2.30. The van der Waals surface area contributed by atoms with Gasteiger partial charge in [0.05, 0.1) is 17.5 Å². The van der Waals surface area contributed by atoms with Crippen molar-refractivity contribution in [2.24, 2.45) is 0 Å². The quantitative estimate of drug-likeness (QED) is 0.893. The number of nitrogens with one attached hydrogen (secondary N) is 1. The first-order chi connectivity index (χ1) is 9.40. The number of carbonyl (C=O) groups is 1. The van der Waals surface area contributed by atoms with Crippen LogP contribution in [0, 0.1) is 0 Å². The summed E-state index contributed by atoms with van der Waals surface area (Å²) in [5.74, 6) is -0.111. The maximum absolute atomic E-state index is 12.0. The van der Waals surface area contributed by atoms with Crippen LogP contribution < -0.4 is 5.32 Å². The molecule has 112 valence electrons. The van der Waals surface area contributed by atoms with Crippen LogP contribution in [0.1, 0.15) is 34.4 Å². The molecular formula is C12H19N3O3S2. The van der Waals surface area contributed by atoms with Gasteiger partial charge in [-0.2, -0.15) is 0 Å². The average Bonchev–Trinajstić information content (AvgIpc) is 2.87. The zero-order chi connectivity index (χ0) is 14.8. The second-order valence-corrected chi connectivity index (χ2v) is 7.98. The fraction of sp³-hybridized carbons (Fsp3) is 0.667. The van der Waals surface area contributed by atoms with E-state index in [-0.39, 0.29) is 11.9 Å². The van der Waals surface area contributed by atoms with E-state index in [9.17, 15) is 13.2 Å². The van der Waals surface area contributed by atoms with Gasteiger partial charge in [0.2, 0.25) is 10.0 Å². The summed E-state index contributed by atoms with van der Waals surface area (Å²) in [6.07, 6.45) is 4.95. The number of hydrogen-bond donors (Lipinski definition) is 1. The largest absolute Gasteiger partial charge is 0.348 e. The molecule has 1 aromatic heterocycles. The molecule has 8 heteroatoms. The Morgan fingerprint density at radius 3 is 2.65 bits per heavy atom. The molecule has 1 aliphatic heterocycles. The van der Waals surface area contributed by atoms with Crippen LogP contribution in [0.5, 0.6) is 0 Å². The van der Waals surface area contributed by atoms with Crippen LogP contribution in [-0.2, 0) is 16.4 Å². The second-order valence-electron chi connectivity index (χ2n) is 4.88. The van der Waals surface area contributed by atoms with Crippen molar-refractivity contribution >= 4 is 27.3 Å². The number of thiazole rings is 1. The Kier molecular flexibility index (Phi) is 4.77. The van der Waals surface area contributed by atoms with Crippen LogP contribution in [0.4, 0.5) is 0 Å². The highest BCUT2D eigenvalue weighted by Gasteiger charge is 2.26. The van der Waals surface area contributed by atoms with Gasteiger partial charge in [0.25, 0.3) is 5.91 Å². The summed E-state index contributed by atoms with van der Waals surface area (Å²) in [5, 5.41) is 3.90. The third-order valence-electron chi connectivity index (χ3n) is 3.34. The van der Waals surface area contributed by atoms with Crippen molar-refractivity contribution in [2.45, 2.75) is 32.2 Å². The van der Waals surface area contributed by atoms with E-state index in [1.807, 2.05) is 6.92 Å². The molecule has 0 spiro atoms. The molecule has 0 radical (unpaired) electrons. The molecule has 20 heavy (non-hydrogen) atoms. The van der Waals surface area contributed by atoms with E-state index in [2.05, 4.69) is 10.3 Å². The van der Waals surface area contributed by atoms with Crippen LogP contribution in [0.2, 0.25) is 0 Å². The van der Waals surface area contributed by atoms with Gasteiger partial charge in [0, 0.05) is 19.1 Å². The van der Waals surface area contributed by atoms with Gasteiger partial charge < -0.3 is 5.32 Å². The van der Waals surface area contributed by atoms with E-state index in [0.717, 1.165) is 11.4 Å². The summed E-state index contributed by atoms with van der Waals surface area (Å²) in [6, 6.07) is 0.0349. The Hall–Kier alpha value is -0.990. The Morgan fingerprint density at radius 1 is 1.50 bits per heavy atom. The van der Waals surface area contributed by atoms with Crippen LogP contribution in [-0.4, -0.2) is 49.0 Å². The first-order valence-corrected chi connectivity index (χ1v) is 9.27.